The molecule has 1 rings (SSSR count). The smallest absolute Gasteiger partial charge is 0.0474 e. The summed E-state index contributed by atoms with van der Waals surface area (Å²) in [6.45, 7) is 14.1. The fraction of sp³-hybridized carbons (Fsp3) is 0.647. The highest BCUT2D eigenvalue weighted by Crippen LogP contribution is 2.28. The van der Waals surface area contributed by atoms with Crippen molar-refractivity contribution < 1.29 is 0 Å². The van der Waals surface area contributed by atoms with Gasteiger partial charge in [-0.2, -0.15) is 0 Å². The maximum atomic E-state index is 6.46. The molecule has 2 unspecified atom stereocenters. The van der Waals surface area contributed by atoms with Crippen LogP contribution in [-0.2, 0) is 0 Å². The maximum absolute atomic E-state index is 6.46. The van der Waals surface area contributed by atoms with Gasteiger partial charge in [0.25, 0.3) is 0 Å². The van der Waals surface area contributed by atoms with E-state index in [1.165, 1.54) is 17.7 Å². The topological polar surface area (TPSA) is 15.3 Å². The van der Waals surface area contributed by atoms with Gasteiger partial charge in [0, 0.05) is 29.8 Å². The molecule has 3 heteroatoms. The van der Waals surface area contributed by atoms with E-state index in [0.717, 1.165) is 24.7 Å². The van der Waals surface area contributed by atoms with Crippen LogP contribution in [-0.4, -0.2) is 19.6 Å². The SMILES string of the molecule is CCNC(C)c1ccc(N(CC)CC(C)CC)cc1Cl. The van der Waals surface area contributed by atoms with Crippen LogP contribution in [0.15, 0.2) is 18.2 Å². The molecule has 0 bridgehead atoms. The minimum Gasteiger partial charge on any atom is -0.372 e. The van der Waals surface area contributed by atoms with Gasteiger partial charge in [-0.25, -0.2) is 0 Å². The minimum absolute atomic E-state index is 0.297. The minimum atomic E-state index is 0.297. The summed E-state index contributed by atoms with van der Waals surface area (Å²) in [6, 6.07) is 6.76. The Balaban J connectivity index is 2.89. The predicted molar refractivity (Wildman–Crippen MR) is 90.9 cm³/mol. The summed E-state index contributed by atoms with van der Waals surface area (Å²) < 4.78 is 0. The molecule has 0 spiro atoms. The molecule has 0 heterocycles. The number of rotatable bonds is 8. The zero-order valence-electron chi connectivity index (χ0n) is 13.5. The van der Waals surface area contributed by atoms with Crippen LogP contribution in [0.5, 0.6) is 0 Å². The molecule has 0 saturated heterocycles. The van der Waals surface area contributed by atoms with E-state index in [2.05, 4.69) is 63.0 Å². The second-order valence-corrected chi connectivity index (χ2v) is 5.94. The molecule has 114 valence electrons. The van der Waals surface area contributed by atoms with Crippen molar-refractivity contribution in [2.75, 3.05) is 24.5 Å². The first-order valence-corrected chi connectivity index (χ1v) is 8.18. The lowest BCUT2D eigenvalue weighted by Gasteiger charge is -2.27. The molecule has 0 aromatic heterocycles. The van der Waals surface area contributed by atoms with E-state index in [4.69, 9.17) is 11.6 Å². The van der Waals surface area contributed by atoms with Crippen LogP contribution in [0.3, 0.4) is 0 Å². The first kappa shape index (κ1) is 17.3. The first-order valence-electron chi connectivity index (χ1n) is 7.81. The quantitative estimate of drug-likeness (QED) is 0.735. The molecule has 1 aromatic rings. The largest absolute Gasteiger partial charge is 0.372 e. The summed E-state index contributed by atoms with van der Waals surface area (Å²) in [5.41, 5.74) is 2.40. The number of hydrogen-bond acceptors (Lipinski definition) is 2. The molecule has 0 aliphatic rings. The van der Waals surface area contributed by atoms with E-state index in [0.29, 0.717) is 12.0 Å². The molecular weight excluding hydrogens is 268 g/mol. The molecule has 2 atom stereocenters. The molecule has 0 aliphatic heterocycles. The van der Waals surface area contributed by atoms with Crippen molar-refractivity contribution in [2.24, 2.45) is 5.92 Å². The first-order chi connectivity index (χ1) is 9.53. The van der Waals surface area contributed by atoms with E-state index in [-0.39, 0.29) is 0 Å². The van der Waals surface area contributed by atoms with Crippen LogP contribution in [0.2, 0.25) is 5.02 Å². The number of nitrogens with zero attached hydrogens (tertiary/aromatic N) is 1. The number of halogens is 1. The van der Waals surface area contributed by atoms with Crippen molar-refractivity contribution in [3.63, 3.8) is 0 Å². The number of benzene rings is 1. The summed E-state index contributed by atoms with van der Waals surface area (Å²) in [5, 5.41) is 4.27. The zero-order valence-corrected chi connectivity index (χ0v) is 14.3. The Kier molecular flexibility index (Phi) is 7.39. The Morgan fingerprint density at radius 2 is 1.90 bits per heavy atom. The molecule has 0 fully saturated rings. The normalized spacial score (nSPS) is 14.1. The molecule has 0 amide bonds. The Hall–Kier alpha value is -0.730. The van der Waals surface area contributed by atoms with E-state index in [9.17, 15) is 0 Å². The average molecular weight is 297 g/mol. The van der Waals surface area contributed by atoms with Crippen molar-refractivity contribution in [1.29, 1.82) is 0 Å². The molecule has 1 N–H and O–H groups in total. The molecular formula is C17H29ClN2. The van der Waals surface area contributed by atoms with Crippen molar-refractivity contribution in [2.45, 2.75) is 47.1 Å². The Bertz CT molecular complexity index is 406. The number of anilines is 1. The molecule has 1 aromatic carbocycles. The second kappa shape index (κ2) is 8.53. The van der Waals surface area contributed by atoms with Gasteiger partial charge < -0.3 is 10.2 Å². The molecule has 0 radical (unpaired) electrons. The number of hydrogen-bond donors (Lipinski definition) is 1. The van der Waals surface area contributed by atoms with Crippen LogP contribution in [0.4, 0.5) is 5.69 Å². The second-order valence-electron chi connectivity index (χ2n) is 5.54. The van der Waals surface area contributed by atoms with Gasteiger partial charge in [0.15, 0.2) is 0 Å². The van der Waals surface area contributed by atoms with Crippen LogP contribution in [0.25, 0.3) is 0 Å². The van der Waals surface area contributed by atoms with E-state index in [1.54, 1.807) is 0 Å². The molecule has 0 saturated carbocycles. The summed E-state index contributed by atoms with van der Waals surface area (Å²) in [6.07, 6.45) is 1.21. The third kappa shape index (κ3) is 4.68. The lowest BCUT2D eigenvalue weighted by Crippen LogP contribution is -2.28. The van der Waals surface area contributed by atoms with Crippen molar-refractivity contribution in [1.82, 2.24) is 5.32 Å². The summed E-state index contributed by atoms with van der Waals surface area (Å²) in [4.78, 5) is 2.40. The third-order valence-electron chi connectivity index (χ3n) is 3.94. The van der Waals surface area contributed by atoms with Crippen LogP contribution < -0.4 is 10.2 Å². The van der Waals surface area contributed by atoms with E-state index >= 15 is 0 Å². The van der Waals surface area contributed by atoms with Crippen molar-refractivity contribution in [3.05, 3.63) is 28.8 Å². The van der Waals surface area contributed by atoms with E-state index < -0.39 is 0 Å². The van der Waals surface area contributed by atoms with Gasteiger partial charge >= 0.3 is 0 Å². The Morgan fingerprint density at radius 3 is 2.40 bits per heavy atom. The van der Waals surface area contributed by atoms with Gasteiger partial charge in [-0.1, -0.05) is 44.9 Å². The van der Waals surface area contributed by atoms with Gasteiger partial charge in [0.1, 0.15) is 0 Å². The maximum Gasteiger partial charge on any atom is 0.0474 e. The zero-order chi connectivity index (χ0) is 15.1. The highest BCUT2D eigenvalue weighted by atomic mass is 35.5. The predicted octanol–water partition coefficient (Wildman–Crippen LogP) is 4.88. The van der Waals surface area contributed by atoms with Gasteiger partial charge in [0.05, 0.1) is 0 Å². The summed E-state index contributed by atoms with van der Waals surface area (Å²) in [5.74, 6) is 0.703. The van der Waals surface area contributed by atoms with Gasteiger partial charge in [-0.3, -0.25) is 0 Å². The summed E-state index contributed by atoms with van der Waals surface area (Å²) in [7, 11) is 0. The standard InChI is InChI=1S/C17H29ClN2/c1-6-13(4)12-20(8-3)15-9-10-16(17(18)11-15)14(5)19-7-2/h9-11,13-14,19H,6-8,12H2,1-5H3. The van der Waals surface area contributed by atoms with Gasteiger partial charge in [-0.15, -0.1) is 0 Å². The monoisotopic (exact) mass is 296 g/mol. The molecule has 20 heavy (non-hydrogen) atoms. The van der Waals surface area contributed by atoms with Gasteiger partial charge in [0.2, 0.25) is 0 Å². The fourth-order valence-electron chi connectivity index (χ4n) is 2.40. The third-order valence-corrected chi connectivity index (χ3v) is 4.26. The van der Waals surface area contributed by atoms with Crippen molar-refractivity contribution >= 4 is 17.3 Å². The van der Waals surface area contributed by atoms with E-state index in [1.807, 2.05) is 0 Å². The van der Waals surface area contributed by atoms with Crippen LogP contribution in [0.1, 0.15) is 52.6 Å². The van der Waals surface area contributed by atoms with Crippen molar-refractivity contribution in [3.8, 4) is 0 Å². The Labute approximate surface area is 129 Å². The van der Waals surface area contributed by atoms with Gasteiger partial charge in [-0.05, 0) is 44.0 Å². The Morgan fingerprint density at radius 1 is 1.20 bits per heavy atom. The summed E-state index contributed by atoms with van der Waals surface area (Å²) >= 11 is 6.46. The van der Waals surface area contributed by atoms with Crippen LogP contribution >= 0.6 is 11.6 Å². The lowest BCUT2D eigenvalue weighted by atomic mass is 10.1. The highest BCUT2D eigenvalue weighted by molar-refractivity contribution is 6.31. The lowest BCUT2D eigenvalue weighted by molar-refractivity contribution is 0.548. The number of nitrogens with one attached hydrogen (secondary N) is 1. The molecule has 2 nitrogen and oxygen atoms in total. The highest BCUT2D eigenvalue weighted by Gasteiger charge is 2.13. The fourth-order valence-corrected chi connectivity index (χ4v) is 2.74. The van der Waals surface area contributed by atoms with Crippen LogP contribution in [0, 0.1) is 5.92 Å². The average Bonchev–Trinajstić information content (AvgIpc) is 2.44. The molecule has 0 aliphatic carbocycles.